The normalized spacial score (nSPS) is 18.8. The van der Waals surface area contributed by atoms with Crippen LogP contribution < -0.4 is 10.0 Å². The molecule has 1 aliphatic heterocycles. The minimum absolute atomic E-state index is 0. The number of nitrogens with one attached hydrogen (secondary N) is 2. The van der Waals surface area contributed by atoms with Gasteiger partial charge < -0.3 is 5.32 Å². The summed E-state index contributed by atoms with van der Waals surface area (Å²) in [5, 5.41) is 3.16. The Hall–Kier alpha value is 0.0800. The Morgan fingerprint density at radius 3 is 2.77 bits per heavy atom. The highest BCUT2D eigenvalue weighted by atomic mass is 79.9. The summed E-state index contributed by atoms with van der Waals surface area (Å²) in [7, 11) is -3.76. The van der Waals surface area contributed by atoms with E-state index < -0.39 is 15.8 Å². The summed E-state index contributed by atoms with van der Waals surface area (Å²) >= 11 is 8.90. The van der Waals surface area contributed by atoms with Crippen LogP contribution in [0.25, 0.3) is 0 Å². The number of benzene rings is 1. The molecule has 0 bridgehead atoms. The van der Waals surface area contributed by atoms with Gasteiger partial charge in [-0.2, -0.15) is 0 Å². The topological polar surface area (TPSA) is 58.2 Å². The zero-order chi connectivity index (χ0) is 15.5. The van der Waals surface area contributed by atoms with Crippen molar-refractivity contribution in [2.24, 2.45) is 5.92 Å². The van der Waals surface area contributed by atoms with E-state index in [1.807, 2.05) is 0 Å². The third kappa shape index (κ3) is 5.32. The number of hydrogen-bond donors (Lipinski definition) is 2. The quantitative estimate of drug-likeness (QED) is 0.745. The van der Waals surface area contributed by atoms with Gasteiger partial charge in [-0.1, -0.05) is 11.6 Å². The molecule has 0 saturated carbocycles. The Labute approximate surface area is 149 Å². The van der Waals surface area contributed by atoms with Crippen LogP contribution in [0.3, 0.4) is 0 Å². The van der Waals surface area contributed by atoms with Gasteiger partial charge >= 0.3 is 0 Å². The van der Waals surface area contributed by atoms with Crippen molar-refractivity contribution in [1.29, 1.82) is 0 Å². The SMILES string of the molecule is Cl.O=S(=O)(NCCC1CCCNC1)c1c(Cl)cc(F)cc1Br. The molecule has 9 heteroatoms. The molecule has 1 saturated heterocycles. The van der Waals surface area contributed by atoms with Gasteiger partial charge in [-0.15, -0.1) is 12.4 Å². The van der Waals surface area contributed by atoms with Crippen LogP contribution in [0, 0.1) is 11.7 Å². The van der Waals surface area contributed by atoms with Gasteiger partial charge in [0.15, 0.2) is 0 Å². The van der Waals surface area contributed by atoms with E-state index in [0.717, 1.165) is 44.5 Å². The van der Waals surface area contributed by atoms with Gasteiger partial charge in [-0.3, -0.25) is 0 Å². The van der Waals surface area contributed by atoms with Gasteiger partial charge in [0.1, 0.15) is 10.7 Å². The molecular formula is C13H18BrCl2FN2O2S. The molecule has 0 aromatic heterocycles. The first-order chi connectivity index (χ1) is 9.90. The van der Waals surface area contributed by atoms with Crippen LogP contribution in [-0.4, -0.2) is 28.1 Å². The molecule has 22 heavy (non-hydrogen) atoms. The second-order valence-corrected chi connectivity index (χ2v) is 8.06. The van der Waals surface area contributed by atoms with E-state index in [0.29, 0.717) is 12.5 Å². The Bertz CT molecular complexity index is 587. The van der Waals surface area contributed by atoms with Crippen molar-refractivity contribution in [2.75, 3.05) is 19.6 Å². The first kappa shape index (κ1) is 20.1. The monoisotopic (exact) mass is 434 g/mol. The van der Waals surface area contributed by atoms with Crippen molar-refractivity contribution in [3.63, 3.8) is 0 Å². The molecule has 0 amide bonds. The fourth-order valence-corrected chi connectivity index (χ4v) is 5.28. The number of hydrogen-bond acceptors (Lipinski definition) is 3. The molecule has 1 heterocycles. The molecule has 2 N–H and O–H groups in total. The summed E-state index contributed by atoms with van der Waals surface area (Å²) in [5.41, 5.74) is 0. The second-order valence-electron chi connectivity index (χ2n) is 5.10. The average molecular weight is 436 g/mol. The maximum Gasteiger partial charge on any atom is 0.243 e. The highest BCUT2D eigenvalue weighted by Crippen LogP contribution is 2.30. The fourth-order valence-electron chi connectivity index (χ4n) is 2.43. The Morgan fingerprint density at radius 1 is 1.45 bits per heavy atom. The molecule has 0 radical (unpaired) electrons. The summed E-state index contributed by atoms with van der Waals surface area (Å²) in [6, 6.07) is 2.08. The minimum Gasteiger partial charge on any atom is -0.316 e. The van der Waals surface area contributed by atoms with Crippen molar-refractivity contribution < 1.29 is 12.8 Å². The number of sulfonamides is 1. The molecule has 126 valence electrons. The van der Waals surface area contributed by atoms with Crippen molar-refractivity contribution in [2.45, 2.75) is 24.2 Å². The number of halogens is 4. The van der Waals surface area contributed by atoms with E-state index in [9.17, 15) is 12.8 Å². The fraction of sp³-hybridized carbons (Fsp3) is 0.538. The highest BCUT2D eigenvalue weighted by Gasteiger charge is 2.23. The smallest absolute Gasteiger partial charge is 0.243 e. The minimum atomic E-state index is -3.76. The van der Waals surface area contributed by atoms with Crippen LogP contribution in [-0.2, 0) is 10.0 Å². The molecule has 0 aliphatic carbocycles. The van der Waals surface area contributed by atoms with Crippen molar-refractivity contribution in [3.05, 3.63) is 27.4 Å². The van der Waals surface area contributed by atoms with Gasteiger partial charge in [-0.25, -0.2) is 17.5 Å². The van der Waals surface area contributed by atoms with E-state index in [1.165, 1.54) is 0 Å². The Balaban J connectivity index is 0.00000242. The Morgan fingerprint density at radius 2 is 2.18 bits per heavy atom. The molecule has 1 atom stereocenters. The van der Waals surface area contributed by atoms with Gasteiger partial charge in [0.2, 0.25) is 10.0 Å². The van der Waals surface area contributed by atoms with Gasteiger partial charge in [0.05, 0.1) is 5.02 Å². The molecule has 1 aromatic carbocycles. The zero-order valence-corrected chi connectivity index (χ0v) is 15.7. The maximum absolute atomic E-state index is 13.2. The van der Waals surface area contributed by atoms with Crippen molar-refractivity contribution in [1.82, 2.24) is 10.0 Å². The van der Waals surface area contributed by atoms with E-state index >= 15 is 0 Å². The number of piperidine rings is 1. The van der Waals surface area contributed by atoms with Crippen LogP contribution in [0.4, 0.5) is 4.39 Å². The Kier molecular flexibility index (Phi) is 8.05. The van der Waals surface area contributed by atoms with Gasteiger partial charge in [0.25, 0.3) is 0 Å². The predicted octanol–water partition coefficient (Wildman–Crippen LogP) is 3.33. The zero-order valence-electron chi connectivity index (χ0n) is 11.7. The number of rotatable bonds is 5. The van der Waals surface area contributed by atoms with E-state index in [4.69, 9.17) is 11.6 Å². The van der Waals surface area contributed by atoms with Crippen LogP contribution in [0.5, 0.6) is 0 Å². The molecule has 1 aliphatic rings. The summed E-state index contributed by atoms with van der Waals surface area (Å²) in [6.07, 6.45) is 2.99. The molecule has 1 unspecified atom stereocenters. The lowest BCUT2D eigenvalue weighted by atomic mass is 9.96. The first-order valence-corrected chi connectivity index (χ1v) is 9.40. The largest absolute Gasteiger partial charge is 0.316 e. The van der Waals surface area contributed by atoms with E-state index in [2.05, 4.69) is 26.0 Å². The summed E-state index contributed by atoms with van der Waals surface area (Å²) < 4.78 is 40.3. The average Bonchev–Trinajstić information content (AvgIpc) is 2.38. The lowest BCUT2D eigenvalue weighted by molar-refractivity contribution is 0.358. The van der Waals surface area contributed by atoms with Crippen LogP contribution >= 0.6 is 39.9 Å². The first-order valence-electron chi connectivity index (χ1n) is 6.75. The molecule has 2 rings (SSSR count). The lowest BCUT2D eigenvalue weighted by Gasteiger charge is -2.22. The maximum atomic E-state index is 13.2. The predicted molar refractivity (Wildman–Crippen MR) is 91.8 cm³/mol. The summed E-state index contributed by atoms with van der Waals surface area (Å²) in [4.78, 5) is -0.118. The van der Waals surface area contributed by atoms with E-state index in [1.54, 1.807) is 0 Å². The van der Waals surface area contributed by atoms with Gasteiger partial charge in [-0.05, 0) is 66.3 Å². The molecule has 0 spiro atoms. The highest BCUT2D eigenvalue weighted by molar-refractivity contribution is 9.10. The van der Waals surface area contributed by atoms with Crippen LogP contribution in [0.2, 0.25) is 5.02 Å². The summed E-state index contributed by atoms with van der Waals surface area (Å²) in [6.45, 7) is 2.29. The molecule has 1 fully saturated rings. The van der Waals surface area contributed by atoms with Crippen LogP contribution in [0.1, 0.15) is 19.3 Å². The van der Waals surface area contributed by atoms with E-state index in [-0.39, 0.29) is 26.8 Å². The molecular weight excluding hydrogens is 418 g/mol. The van der Waals surface area contributed by atoms with Gasteiger partial charge in [0, 0.05) is 11.0 Å². The van der Waals surface area contributed by atoms with Crippen molar-refractivity contribution in [3.8, 4) is 0 Å². The summed E-state index contributed by atoms with van der Waals surface area (Å²) in [5.74, 6) is -0.104. The molecule has 4 nitrogen and oxygen atoms in total. The second kappa shape index (κ2) is 8.80. The van der Waals surface area contributed by atoms with Crippen molar-refractivity contribution >= 4 is 50.0 Å². The standard InChI is InChI=1S/C13H17BrClFN2O2S.ClH/c14-11-6-10(16)7-12(15)13(11)21(19,20)18-5-3-9-2-1-4-17-8-9;/h6-7,9,17-18H,1-5,8H2;1H. The van der Waals surface area contributed by atoms with Crippen LogP contribution in [0.15, 0.2) is 21.5 Å². The third-order valence-electron chi connectivity index (χ3n) is 3.48. The molecule has 1 aromatic rings. The lowest BCUT2D eigenvalue weighted by Crippen LogP contribution is -2.33. The third-order valence-corrected chi connectivity index (χ3v) is 6.33.